The molecule has 1 saturated heterocycles. The lowest BCUT2D eigenvalue weighted by Crippen LogP contribution is -2.39. The van der Waals surface area contributed by atoms with E-state index in [2.05, 4.69) is 12.1 Å². The minimum atomic E-state index is -0.0826. The van der Waals surface area contributed by atoms with E-state index in [1.807, 2.05) is 17.0 Å². The highest BCUT2D eigenvalue weighted by Crippen LogP contribution is 2.37. The molecule has 2 aromatic rings. The molecule has 0 bridgehead atoms. The summed E-state index contributed by atoms with van der Waals surface area (Å²) in [6.07, 6.45) is 4.20. The maximum Gasteiger partial charge on any atom is 0.203 e. The minimum Gasteiger partial charge on any atom is -0.484 e. The predicted molar refractivity (Wildman–Crippen MR) is 106 cm³/mol. The number of rotatable bonds is 3. The number of aliphatic hydroxyl groups excluding tert-OH is 1. The molecular formula is C21H27N5O2. The van der Waals surface area contributed by atoms with E-state index in [4.69, 9.17) is 21.3 Å². The molecule has 5 N–H and O–H groups in total. The van der Waals surface area contributed by atoms with Crippen molar-refractivity contribution < 1.29 is 9.84 Å². The highest BCUT2D eigenvalue weighted by atomic mass is 16.5. The van der Waals surface area contributed by atoms with Crippen molar-refractivity contribution in [3.05, 3.63) is 59.2 Å². The predicted octanol–water partition coefficient (Wildman–Crippen LogP) is 1.98. The van der Waals surface area contributed by atoms with E-state index in [1.54, 1.807) is 18.3 Å². The largest absolute Gasteiger partial charge is 0.484 e. The lowest BCUT2D eigenvalue weighted by molar-refractivity contribution is 0.176. The number of ether oxygens (including phenoxy) is 1. The number of pyridine rings is 1. The summed E-state index contributed by atoms with van der Waals surface area (Å²) in [5.41, 5.74) is 8.72. The molecule has 1 aromatic heterocycles. The smallest absolute Gasteiger partial charge is 0.203 e. The van der Waals surface area contributed by atoms with Gasteiger partial charge in [-0.05, 0) is 42.5 Å². The van der Waals surface area contributed by atoms with Crippen LogP contribution in [0.3, 0.4) is 0 Å². The Kier molecular flexibility index (Phi) is 5.19. The summed E-state index contributed by atoms with van der Waals surface area (Å²) in [6.45, 7) is 1.49. The second kappa shape index (κ2) is 7.77. The fraction of sp³-hybridized carbons (Fsp3) is 0.429. The van der Waals surface area contributed by atoms with Crippen LogP contribution in [0.4, 0.5) is 0 Å². The molecule has 0 saturated carbocycles. The van der Waals surface area contributed by atoms with Gasteiger partial charge in [0.05, 0.1) is 6.20 Å². The van der Waals surface area contributed by atoms with Crippen LogP contribution in [0, 0.1) is 16.7 Å². The van der Waals surface area contributed by atoms with Crippen molar-refractivity contribution in [2.24, 2.45) is 11.7 Å². The molecule has 1 aromatic carbocycles. The van der Waals surface area contributed by atoms with Gasteiger partial charge in [-0.25, -0.2) is 0 Å². The molecule has 1 unspecified atom stereocenters. The quantitative estimate of drug-likeness (QED) is 0.481. The first-order chi connectivity index (χ1) is 13.6. The molecule has 7 nitrogen and oxygen atoms in total. The molecule has 2 aliphatic rings. The minimum absolute atomic E-state index is 0.0411. The first kappa shape index (κ1) is 18.7. The number of benzene rings is 1. The maximum absolute atomic E-state index is 9.35. The molecule has 7 heteroatoms. The second-order valence-corrected chi connectivity index (χ2v) is 7.65. The number of nitrogens with one attached hydrogen (secondary N) is 2. The van der Waals surface area contributed by atoms with Crippen molar-refractivity contribution >= 4 is 5.96 Å². The summed E-state index contributed by atoms with van der Waals surface area (Å²) in [5, 5.41) is 26.0. The van der Waals surface area contributed by atoms with Gasteiger partial charge in [-0.1, -0.05) is 24.3 Å². The van der Waals surface area contributed by atoms with Crippen LogP contribution in [0.5, 0.6) is 5.75 Å². The average Bonchev–Trinajstić information content (AvgIpc) is 3.20. The van der Waals surface area contributed by atoms with Gasteiger partial charge in [0.1, 0.15) is 17.3 Å². The van der Waals surface area contributed by atoms with Gasteiger partial charge in [0.15, 0.2) is 0 Å². The third-order valence-corrected chi connectivity index (χ3v) is 5.75. The number of aliphatic hydroxyl groups is 1. The number of likely N-dealkylation sites (tertiary alicyclic amines) is 1. The Bertz CT molecular complexity index is 925. The first-order valence-corrected chi connectivity index (χ1v) is 9.80. The Morgan fingerprint density at radius 3 is 2.68 bits per heavy atom. The molecule has 148 valence electrons. The van der Waals surface area contributed by atoms with E-state index in [1.165, 1.54) is 4.57 Å². The van der Waals surface area contributed by atoms with Crippen molar-refractivity contribution in [2.45, 2.75) is 31.4 Å². The normalized spacial score (nSPS) is 24.1. The Balaban J connectivity index is 1.56. The summed E-state index contributed by atoms with van der Waals surface area (Å²) in [5.74, 6) is 1.07. The summed E-state index contributed by atoms with van der Waals surface area (Å²) in [4.78, 5) is 1.90. The Hall–Kier alpha value is -2.64. The fourth-order valence-electron chi connectivity index (χ4n) is 4.12. The summed E-state index contributed by atoms with van der Waals surface area (Å²) < 4.78 is 7.80. The van der Waals surface area contributed by atoms with Crippen LogP contribution >= 0.6 is 0 Å². The zero-order valence-corrected chi connectivity index (χ0v) is 15.8. The van der Waals surface area contributed by atoms with Gasteiger partial charge in [-0.15, -0.1) is 0 Å². The molecule has 0 spiro atoms. The third kappa shape index (κ3) is 3.55. The van der Waals surface area contributed by atoms with E-state index in [0.717, 1.165) is 36.9 Å². The highest BCUT2D eigenvalue weighted by Gasteiger charge is 2.27. The van der Waals surface area contributed by atoms with Crippen LogP contribution in [-0.2, 0) is 0 Å². The zero-order valence-electron chi connectivity index (χ0n) is 15.8. The fourth-order valence-corrected chi connectivity index (χ4v) is 4.12. The standard InChI is InChI=1S/C21H27N5O2/c22-18-6-7-19(17-4-2-1-3-16(17)18)28-15-5-8-20(23)26(12-15)21(24)25-10-9-14(11-25)13-27/h1-5,8,12,14,18-19,23-24,27H,6-7,9-11,13,22H2/t14-,18+,19?/m1/s1. The number of aromatic nitrogens is 1. The molecule has 1 fully saturated rings. The third-order valence-electron chi connectivity index (χ3n) is 5.75. The number of nitrogens with zero attached hydrogens (tertiary/aromatic N) is 2. The van der Waals surface area contributed by atoms with E-state index in [9.17, 15) is 5.11 Å². The van der Waals surface area contributed by atoms with Crippen LogP contribution in [0.1, 0.15) is 42.5 Å². The zero-order chi connectivity index (χ0) is 19.7. The van der Waals surface area contributed by atoms with Gasteiger partial charge in [-0.3, -0.25) is 15.4 Å². The maximum atomic E-state index is 9.35. The molecular weight excluding hydrogens is 354 g/mol. The van der Waals surface area contributed by atoms with Crippen molar-refractivity contribution in [1.82, 2.24) is 9.47 Å². The van der Waals surface area contributed by atoms with Gasteiger partial charge in [0.25, 0.3) is 0 Å². The molecule has 2 heterocycles. The first-order valence-electron chi connectivity index (χ1n) is 9.80. The molecule has 3 atom stereocenters. The van der Waals surface area contributed by atoms with Crippen molar-refractivity contribution in [3.63, 3.8) is 0 Å². The Morgan fingerprint density at radius 1 is 1.14 bits per heavy atom. The molecule has 1 aliphatic carbocycles. The Morgan fingerprint density at radius 2 is 1.93 bits per heavy atom. The monoisotopic (exact) mass is 381 g/mol. The van der Waals surface area contributed by atoms with Gasteiger partial charge in [0, 0.05) is 31.7 Å². The van der Waals surface area contributed by atoms with Crippen molar-refractivity contribution in [1.29, 1.82) is 10.8 Å². The van der Waals surface area contributed by atoms with Crippen LogP contribution < -0.4 is 16.0 Å². The molecule has 0 radical (unpaired) electrons. The number of hydrogen-bond acceptors (Lipinski definition) is 5. The second-order valence-electron chi connectivity index (χ2n) is 7.65. The number of fused-ring (bicyclic) bond motifs is 1. The van der Waals surface area contributed by atoms with Gasteiger partial charge < -0.3 is 20.5 Å². The van der Waals surface area contributed by atoms with Crippen LogP contribution in [-0.4, -0.2) is 40.2 Å². The summed E-state index contributed by atoms with van der Waals surface area (Å²) >= 11 is 0. The molecule has 0 amide bonds. The van der Waals surface area contributed by atoms with Crippen LogP contribution in [0.25, 0.3) is 0 Å². The highest BCUT2D eigenvalue weighted by molar-refractivity contribution is 5.79. The van der Waals surface area contributed by atoms with E-state index in [0.29, 0.717) is 12.3 Å². The van der Waals surface area contributed by atoms with E-state index in [-0.39, 0.29) is 36.1 Å². The van der Waals surface area contributed by atoms with Gasteiger partial charge in [0.2, 0.25) is 5.96 Å². The topological polar surface area (TPSA) is 111 Å². The molecule has 1 aliphatic heterocycles. The van der Waals surface area contributed by atoms with Crippen LogP contribution in [0.15, 0.2) is 42.6 Å². The lowest BCUT2D eigenvalue weighted by Gasteiger charge is -2.30. The summed E-state index contributed by atoms with van der Waals surface area (Å²) in [7, 11) is 0. The van der Waals surface area contributed by atoms with Gasteiger partial charge in [-0.2, -0.15) is 0 Å². The van der Waals surface area contributed by atoms with Crippen molar-refractivity contribution in [3.8, 4) is 5.75 Å². The van der Waals surface area contributed by atoms with Crippen LogP contribution in [0.2, 0.25) is 0 Å². The molecule has 28 heavy (non-hydrogen) atoms. The van der Waals surface area contributed by atoms with Gasteiger partial charge >= 0.3 is 0 Å². The summed E-state index contributed by atoms with van der Waals surface area (Å²) in [6, 6.07) is 11.6. The van der Waals surface area contributed by atoms with E-state index >= 15 is 0 Å². The number of nitrogens with two attached hydrogens (primary N) is 1. The average molecular weight is 381 g/mol. The van der Waals surface area contributed by atoms with Crippen molar-refractivity contribution in [2.75, 3.05) is 19.7 Å². The molecule has 4 rings (SSSR count). The lowest BCUT2D eigenvalue weighted by atomic mass is 9.86. The SMILES string of the molecule is N=C(N1CC[C@@H](CO)C1)n1cc(OC2CC[C@H](N)c3ccccc32)ccc1=N. The number of hydrogen-bond donors (Lipinski definition) is 4. The van der Waals surface area contributed by atoms with E-state index < -0.39 is 0 Å². The Labute approximate surface area is 164 Å².